The molecule has 0 saturated carbocycles. The Kier molecular flexibility index (Phi) is 3.39. The predicted octanol–water partition coefficient (Wildman–Crippen LogP) is 0.243. The van der Waals surface area contributed by atoms with Crippen molar-refractivity contribution in [1.82, 2.24) is 0 Å². The summed E-state index contributed by atoms with van der Waals surface area (Å²) in [6, 6.07) is 17.3. The number of hydrogen-bond donors (Lipinski definition) is 2. The molecule has 0 aliphatic heterocycles. The number of hydrogen-bond acceptors (Lipinski definition) is 2. The van der Waals surface area contributed by atoms with E-state index in [0.29, 0.717) is 6.54 Å². The van der Waals surface area contributed by atoms with Crippen molar-refractivity contribution in [2.24, 2.45) is 5.73 Å². The number of nitrogens with two attached hydrogens (primary N) is 1. The molecule has 0 amide bonds. The minimum Gasteiger partial charge on any atom is -0.443 e. The molecule has 0 spiro atoms. The average Bonchev–Trinajstić information content (AvgIpc) is 2.39. The highest BCUT2D eigenvalue weighted by Crippen LogP contribution is 1.97. The molecule has 0 unspecified atom stereocenters. The van der Waals surface area contributed by atoms with Crippen LogP contribution in [0.15, 0.2) is 54.6 Å². The van der Waals surface area contributed by atoms with Gasteiger partial charge in [-0.25, -0.2) is 0 Å². The second kappa shape index (κ2) is 4.97. The van der Waals surface area contributed by atoms with Gasteiger partial charge in [0.05, 0.1) is 0 Å². The maximum absolute atomic E-state index is 10.2. The van der Waals surface area contributed by atoms with Gasteiger partial charge in [-0.15, -0.1) is 0 Å². The van der Waals surface area contributed by atoms with Gasteiger partial charge in [-0.05, 0) is 16.5 Å². The minimum atomic E-state index is -0.596. The zero-order valence-electron chi connectivity index (χ0n) is 9.01. The molecule has 0 fully saturated rings. The molecule has 0 aromatic heterocycles. The van der Waals surface area contributed by atoms with E-state index < -0.39 is 6.92 Å². The fraction of sp³-hybridized carbons (Fsp3) is 0.0769. The topological polar surface area (TPSA) is 46.2 Å². The van der Waals surface area contributed by atoms with Crippen LogP contribution < -0.4 is 16.7 Å². The van der Waals surface area contributed by atoms with Gasteiger partial charge >= 0.3 is 6.92 Å². The van der Waals surface area contributed by atoms with Crippen LogP contribution in [0.25, 0.3) is 0 Å². The van der Waals surface area contributed by atoms with Gasteiger partial charge in [0.25, 0.3) is 0 Å². The maximum Gasteiger partial charge on any atom is 0.359 e. The van der Waals surface area contributed by atoms with Crippen LogP contribution in [0.4, 0.5) is 0 Å². The molecule has 16 heavy (non-hydrogen) atoms. The first-order valence-corrected chi connectivity index (χ1v) is 5.34. The lowest BCUT2D eigenvalue weighted by Gasteiger charge is -2.11. The third kappa shape index (κ3) is 2.16. The van der Waals surface area contributed by atoms with Crippen molar-refractivity contribution in [2.45, 2.75) is 6.54 Å². The summed E-state index contributed by atoms with van der Waals surface area (Å²) in [4.78, 5) is 0. The van der Waals surface area contributed by atoms with Gasteiger partial charge < -0.3 is 10.8 Å². The van der Waals surface area contributed by atoms with Gasteiger partial charge in [-0.2, -0.15) is 0 Å². The monoisotopic (exact) mass is 211 g/mol. The summed E-state index contributed by atoms with van der Waals surface area (Å²) in [6.07, 6.45) is 0. The SMILES string of the molecule is NCc1ccccc1B(O)c1ccccc1. The molecule has 0 bridgehead atoms. The van der Waals surface area contributed by atoms with Gasteiger partial charge in [0.2, 0.25) is 0 Å². The second-order valence-electron chi connectivity index (χ2n) is 3.72. The van der Waals surface area contributed by atoms with E-state index in [9.17, 15) is 5.02 Å². The first-order chi connectivity index (χ1) is 7.83. The van der Waals surface area contributed by atoms with Gasteiger partial charge in [0.1, 0.15) is 0 Å². The Morgan fingerprint density at radius 1 is 0.938 bits per heavy atom. The van der Waals surface area contributed by atoms with Gasteiger partial charge in [0, 0.05) is 6.54 Å². The van der Waals surface area contributed by atoms with Crippen LogP contribution in [0.3, 0.4) is 0 Å². The maximum atomic E-state index is 10.2. The van der Waals surface area contributed by atoms with Crippen LogP contribution in [0.5, 0.6) is 0 Å². The minimum absolute atomic E-state index is 0.445. The van der Waals surface area contributed by atoms with Crippen molar-refractivity contribution in [2.75, 3.05) is 0 Å². The molecule has 3 N–H and O–H groups in total. The van der Waals surface area contributed by atoms with Crippen molar-refractivity contribution in [3.05, 3.63) is 60.2 Å². The van der Waals surface area contributed by atoms with Crippen molar-refractivity contribution in [1.29, 1.82) is 0 Å². The standard InChI is InChI=1S/C13H14BNO/c15-10-11-6-4-5-9-13(11)14(16)12-7-2-1-3-8-12/h1-9,16H,10,15H2. The van der Waals surface area contributed by atoms with E-state index >= 15 is 0 Å². The van der Waals surface area contributed by atoms with E-state index in [2.05, 4.69) is 0 Å². The van der Waals surface area contributed by atoms with E-state index in [0.717, 1.165) is 16.5 Å². The van der Waals surface area contributed by atoms with E-state index in [1.165, 1.54) is 0 Å². The Morgan fingerprint density at radius 3 is 2.25 bits per heavy atom. The van der Waals surface area contributed by atoms with Crippen LogP contribution in [0.2, 0.25) is 0 Å². The summed E-state index contributed by atoms with van der Waals surface area (Å²) in [6.45, 7) is -0.152. The van der Waals surface area contributed by atoms with Crippen LogP contribution in [0, 0.1) is 0 Å². The Bertz CT molecular complexity index is 458. The van der Waals surface area contributed by atoms with Crippen molar-refractivity contribution in [3.8, 4) is 0 Å². The van der Waals surface area contributed by atoms with Crippen LogP contribution in [-0.2, 0) is 6.54 Å². The Morgan fingerprint density at radius 2 is 1.56 bits per heavy atom. The van der Waals surface area contributed by atoms with E-state index in [-0.39, 0.29) is 0 Å². The zero-order chi connectivity index (χ0) is 11.4. The number of rotatable bonds is 3. The van der Waals surface area contributed by atoms with Crippen molar-refractivity contribution < 1.29 is 5.02 Å². The molecule has 80 valence electrons. The smallest absolute Gasteiger partial charge is 0.359 e. The molecule has 0 radical (unpaired) electrons. The van der Waals surface area contributed by atoms with Gasteiger partial charge in [0.15, 0.2) is 0 Å². The molecule has 0 heterocycles. The fourth-order valence-electron chi connectivity index (χ4n) is 1.80. The summed E-state index contributed by atoms with van der Waals surface area (Å²) in [7, 11) is 0. The lowest BCUT2D eigenvalue weighted by Crippen LogP contribution is -2.44. The fourth-order valence-corrected chi connectivity index (χ4v) is 1.80. The van der Waals surface area contributed by atoms with Crippen molar-refractivity contribution >= 4 is 17.8 Å². The lowest BCUT2D eigenvalue weighted by atomic mass is 9.54. The summed E-state index contributed by atoms with van der Waals surface area (Å²) in [5, 5.41) is 10.2. The Labute approximate surface area is 95.8 Å². The quantitative estimate of drug-likeness (QED) is 0.714. The van der Waals surface area contributed by atoms with E-state index in [4.69, 9.17) is 5.73 Å². The molecule has 3 heteroatoms. The third-order valence-corrected chi connectivity index (χ3v) is 2.68. The zero-order valence-corrected chi connectivity index (χ0v) is 9.01. The average molecular weight is 211 g/mol. The molecule has 2 aromatic rings. The molecular formula is C13H14BNO. The van der Waals surface area contributed by atoms with Crippen LogP contribution in [-0.4, -0.2) is 11.9 Å². The summed E-state index contributed by atoms with van der Waals surface area (Å²) in [5.74, 6) is 0. The Hall–Kier alpha value is -1.58. The molecule has 0 saturated heterocycles. The third-order valence-electron chi connectivity index (χ3n) is 2.68. The van der Waals surface area contributed by atoms with E-state index in [1.807, 2.05) is 54.6 Å². The Balaban J connectivity index is 2.37. The molecule has 2 aromatic carbocycles. The predicted molar refractivity (Wildman–Crippen MR) is 68.0 cm³/mol. The summed E-state index contributed by atoms with van der Waals surface area (Å²) < 4.78 is 0. The normalized spacial score (nSPS) is 10.1. The van der Waals surface area contributed by atoms with E-state index in [1.54, 1.807) is 0 Å². The largest absolute Gasteiger partial charge is 0.443 e. The molecule has 2 nitrogen and oxygen atoms in total. The molecule has 0 aliphatic rings. The first kappa shape index (κ1) is 10.9. The lowest BCUT2D eigenvalue weighted by molar-refractivity contribution is 0.599. The number of benzene rings is 2. The highest BCUT2D eigenvalue weighted by Gasteiger charge is 2.18. The van der Waals surface area contributed by atoms with Gasteiger partial charge in [-0.1, -0.05) is 54.6 Å². The molecule has 0 atom stereocenters. The van der Waals surface area contributed by atoms with Gasteiger partial charge in [-0.3, -0.25) is 0 Å². The van der Waals surface area contributed by atoms with Crippen molar-refractivity contribution in [3.63, 3.8) is 0 Å². The van der Waals surface area contributed by atoms with Crippen LogP contribution in [0.1, 0.15) is 5.56 Å². The second-order valence-corrected chi connectivity index (χ2v) is 3.72. The molecular weight excluding hydrogens is 197 g/mol. The first-order valence-electron chi connectivity index (χ1n) is 5.34. The highest BCUT2D eigenvalue weighted by molar-refractivity contribution is 6.79. The van der Waals surface area contributed by atoms with Crippen LogP contribution >= 0.6 is 0 Å². The molecule has 0 aliphatic carbocycles. The summed E-state index contributed by atoms with van der Waals surface area (Å²) >= 11 is 0. The summed E-state index contributed by atoms with van der Waals surface area (Å²) in [5.41, 5.74) is 8.42. The molecule has 2 rings (SSSR count). The highest BCUT2D eigenvalue weighted by atomic mass is 16.2.